The fraction of sp³-hybridized carbons (Fsp3) is 0.231. The van der Waals surface area contributed by atoms with Crippen LogP contribution in [-0.2, 0) is 27.8 Å². The fourth-order valence-corrected chi connectivity index (χ4v) is 5.48. The molecule has 1 N–H and O–H groups in total. The molecule has 0 saturated heterocycles. The van der Waals surface area contributed by atoms with Crippen LogP contribution in [0.2, 0.25) is 0 Å². The van der Waals surface area contributed by atoms with E-state index in [1.165, 1.54) is 30.5 Å². The van der Waals surface area contributed by atoms with Crippen molar-refractivity contribution in [3.05, 3.63) is 88.1 Å². The summed E-state index contributed by atoms with van der Waals surface area (Å²) in [5, 5.41) is 0.665. The Morgan fingerprint density at radius 2 is 1.81 bits per heavy atom. The summed E-state index contributed by atoms with van der Waals surface area (Å²) in [6, 6.07) is 14.0. The number of hydrogen-bond acceptors (Lipinski definition) is 8. The molecule has 11 heteroatoms. The van der Waals surface area contributed by atoms with Crippen LogP contribution in [0.4, 0.5) is 0 Å². The number of esters is 1. The number of nitrogens with one attached hydrogen (secondary N) is 1. The number of carbonyl (C=O) groups excluding carboxylic acids is 1. The molecule has 0 fully saturated rings. The third-order valence-corrected chi connectivity index (χ3v) is 7.61. The first kappa shape index (κ1) is 24.6. The molecule has 0 saturated carbocycles. The van der Waals surface area contributed by atoms with Gasteiger partial charge < -0.3 is 23.6 Å². The number of carbonyl (C=O) groups is 1. The molecule has 0 atom stereocenters. The lowest BCUT2D eigenvalue weighted by Crippen LogP contribution is -2.32. The van der Waals surface area contributed by atoms with Gasteiger partial charge in [0, 0.05) is 23.6 Å². The number of pyridine rings is 1. The number of furan rings is 1. The average molecular weight is 525 g/mol. The molecule has 1 aliphatic heterocycles. The molecule has 2 aromatic heterocycles. The van der Waals surface area contributed by atoms with E-state index in [-0.39, 0.29) is 35.7 Å². The predicted octanol–water partition coefficient (Wildman–Crippen LogP) is 3.46. The van der Waals surface area contributed by atoms with E-state index in [2.05, 4.69) is 4.98 Å². The van der Waals surface area contributed by atoms with Crippen LogP contribution < -0.4 is 15.0 Å². The summed E-state index contributed by atoms with van der Waals surface area (Å²) in [7, 11) is -4.16. The Hall–Kier alpha value is -4.09. The van der Waals surface area contributed by atoms with Gasteiger partial charge in [-0.15, -0.1) is 0 Å². The molecule has 1 aliphatic rings. The van der Waals surface area contributed by atoms with E-state index in [9.17, 15) is 18.0 Å². The number of sulfonamides is 1. The van der Waals surface area contributed by atoms with Crippen LogP contribution in [0.25, 0.3) is 10.9 Å². The normalized spacial score (nSPS) is 13.1. The van der Waals surface area contributed by atoms with Gasteiger partial charge in [-0.05, 0) is 49.4 Å². The lowest BCUT2D eigenvalue weighted by molar-refractivity contribution is 0.0526. The van der Waals surface area contributed by atoms with Gasteiger partial charge in [0.05, 0.1) is 35.4 Å². The number of rotatable bonds is 8. The van der Waals surface area contributed by atoms with Gasteiger partial charge in [-0.1, -0.05) is 6.07 Å². The summed E-state index contributed by atoms with van der Waals surface area (Å²) in [5.74, 6) is 0.845. The quantitative estimate of drug-likeness (QED) is 0.347. The van der Waals surface area contributed by atoms with Gasteiger partial charge in [-0.2, -0.15) is 4.31 Å². The monoisotopic (exact) mass is 524 g/mol. The lowest BCUT2D eigenvalue weighted by atomic mass is 10.1. The summed E-state index contributed by atoms with van der Waals surface area (Å²) in [6.07, 6.45) is 1.44. The topological polar surface area (TPSA) is 128 Å². The molecule has 4 aromatic rings. The van der Waals surface area contributed by atoms with Gasteiger partial charge in [0.25, 0.3) is 5.56 Å². The van der Waals surface area contributed by atoms with E-state index >= 15 is 0 Å². The molecule has 10 nitrogen and oxygen atoms in total. The number of ether oxygens (including phenoxy) is 3. The fourth-order valence-electron chi connectivity index (χ4n) is 4.04. The Labute approximate surface area is 212 Å². The van der Waals surface area contributed by atoms with Crippen LogP contribution >= 0.6 is 0 Å². The van der Waals surface area contributed by atoms with Crippen LogP contribution in [-0.4, -0.2) is 43.5 Å². The molecule has 0 amide bonds. The first-order chi connectivity index (χ1) is 17.8. The van der Waals surface area contributed by atoms with Crippen LogP contribution in [0, 0.1) is 0 Å². The molecule has 2 aromatic carbocycles. The SMILES string of the molecule is CCOC(=O)c1cccc(S(=O)(=O)N(Cc2ccco2)Cc2cc3cc4c(cc3[nH]c2=O)OCCO4)c1. The third-order valence-electron chi connectivity index (χ3n) is 5.83. The largest absolute Gasteiger partial charge is 0.486 e. The third kappa shape index (κ3) is 5.09. The molecule has 0 spiro atoms. The maximum atomic E-state index is 13.7. The van der Waals surface area contributed by atoms with Crippen molar-refractivity contribution in [3.63, 3.8) is 0 Å². The van der Waals surface area contributed by atoms with E-state index in [0.29, 0.717) is 41.4 Å². The lowest BCUT2D eigenvalue weighted by Gasteiger charge is -2.22. The summed E-state index contributed by atoms with van der Waals surface area (Å²) >= 11 is 0. The zero-order valence-electron chi connectivity index (χ0n) is 19.9. The van der Waals surface area contributed by atoms with Gasteiger partial charge in [-0.25, -0.2) is 13.2 Å². The molecule has 3 heterocycles. The molecule has 5 rings (SSSR count). The number of fused-ring (bicyclic) bond motifs is 2. The van der Waals surface area contributed by atoms with Gasteiger partial charge in [-0.3, -0.25) is 4.79 Å². The number of hydrogen-bond donors (Lipinski definition) is 1. The minimum Gasteiger partial charge on any atom is -0.486 e. The zero-order valence-corrected chi connectivity index (χ0v) is 20.7. The number of H-pyrrole nitrogens is 1. The van der Waals surface area contributed by atoms with E-state index in [1.54, 1.807) is 37.3 Å². The molecule has 0 radical (unpaired) electrons. The first-order valence-corrected chi connectivity index (χ1v) is 13.0. The van der Waals surface area contributed by atoms with Crippen molar-refractivity contribution in [2.24, 2.45) is 0 Å². The molecular formula is C26H24N2O8S. The maximum absolute atomic E-state index is 13.7. The van der Waals surface area contributed by atoms with Gasteiger partial charge >= 0.3 is 5.97 Å². The van der Waals surface area contributed by atoms with Crippen molar-refractivity contribution in [1.82, 2.24) is 9.29 Å². The second-order valence-electron chi connectivity index (χ2n) is 8.31. The molecule has 0 bridgehead atoms. The number of nitrogens with zero attached hydrogens (tertiary/aromatic N) is 1. The Morgan fingerprint density at radius 3 is 2.54 bits per heavy atom. The van der Waals surface area contributed by atoms with Crippen molar-refractivity contribution in [3.8, 4) is 11.5 Å². The van der Waals surface area contributed by atoms with Crippen molar-refractivity contribution in [2.75, 3.05) is 19.8 Å². The van der Waals surface area contributed by atoms with Gasteiger partial charge in [0.2, 0.25) is 10.0 Å². The van der Waals surface area contributed by atoms with Crippen molar-refractivity contribution < 1.29 is 31.8 Å². The second-order valence-corrected chi connectivity index (χ2v) is 10.2. The number of benzene rings is 2. The summed E-state index contributed by atoms with van der Waals surface area (Å²) in [4.78, 5) is 27.9. The molecule has 0 unspecified atom stereocenters. The smallest absolute Gasteiger partial charge is 0.338 e. The Kier molecular flexibility index (Phi) is 6.72. The summed E-state index contributed by atoms with van der Waals surface area (Å²) < 4.78 is 50.2. The van der Waals surface area contributed by atoms with E-state index in [1.807, 2.05) is 0 Å². The summed E-state index contributed by atoms with van der Waals surface area (Å²) in [5.41, 5.74) is 0.432. The van der Waals surface area contributed by atoms with Crippen LogP contribution in [0.15, 0.2) is 75.0 Å². The highest BCUT2D eigenvalue weighted by molar-refractivity contribution is 7.89. The van der Waals surface area contributed by atoms with Crippen molar-refractivity contribution in [2.45, 2.75) is 24.9 Å². The zero-order chi connectivity index (χ0) is 26.0. The minimum atomic E-state index is -4.16. The standard InChI is InChI=1S/C26H24N2O8S/c1-2-33-26(30)17-5-3-7-21(12-17)37(31,32)28(16-20-6-4-8-34-20)15-19-11-18-13-23-24(36-10-9-35-23)14-22(18)27-25(19)29/h3-8,11-14H,2,9-10,15-16H2,1H3,(H,27,29). The van der Waals surface area contributed by atoms with Crippen LogP contribution in [0.3, 0.4) is 0 Å². The molecule has 192 valence electrons. The average Bonchev–Trinajstić information content (AvgIpc) is 3.41. The highest BCUT2D eigenvalue weighted by Crippen LogP contribution is 2.34. The number of aromatic nitrogens is 1. The minimum absolute atomic E-state index is 0.108. The van der Waals surface area contributed by atoms with Gasteiger partial charge in [0.1, 0.15) is 19.0 Å². The highest BCUT2D eigenvalue weighted by atomic mass is 32.2. The van der Waals surface area contributed by atoms with E-state index < -0.39 is 21.6 Å². The van der Waals surface area contributed by atoms with Crippen LogP contribution in [0.1, 0.15) is 28.6 Å². The highest BCUT2D eigenvalue weighted by Gasteiger charge is 2.28. The van der Waals surface area contributed by atoms with Crippen LogP contribution in [0.5, 0.6) is 11.5 Å². The van der Waals surface area contributed by atoms with Gasteiger partial charge in [0.15, 0.2) is 11.5 Å². The first-order valence-electron chi connectivity index (χ1n) is 11.6. The van der Waals surface area contributed by atoms with E-state index in [4.69, 9.17) is 18.6 Å². The Morgan fingerprint density at radius 1 is 1.03 bits per heavy atom. The van der Waals surface area contributed by atoms with E-state index in [0.717, 1.165) is 4.31 Å². The maximum Gasteiger partial charge on any atom is 0.338 e. The van der Waals surface area contributed by atoms with Crippen molar-refractivity contribution >= 4 is 26.9 Å². The molecular weight excluding hydrogens is 500 g/mol. The Balaban J connectivity index is 1.54. The number of aromatic amines is 1. The van der Waals surface area contributed by atoms with Crippen molar-refractivity contribution in [1.29, 1.82) is 0 Å². The Bertz CT molecular complexity index is 1610. The predicted molar refractivity (Wildman–Crippen MR) is 133 cm³/mol. The molecule has 0 aliphatic carbocycles. The second kappa shape index (κ2) is 10.1. The summed E-state index contributed by atoms with van der Waals surface area (Å²) in [6.45, 7) is 2.28. The molecule has 37 heavy (non-hydrogen) atoms.